The number of hydrogen-bond acceptors (Lipinski definition) is 7. The van der Waals surface area contributed by atoms with Gasteiger partial charge in [0.1, 0.15) is 11.8 Å². The number of aliphatic hydroxyl groups excluding tert-OH is 1. The van der Waals surface area contributed by atoms with Gasteiger partial charge in [0.25, 0.3) is 11.8 Å². The Kier molecular flexibility index (Phi) is 7.98. The third kappa shape index (κ3) is 6.50. The molecule has 2 atom stereocenters. The summed E-state index contributed by atoms with van der Waals surface area (Å²) in [6, 6.07) is 8.25. The highest BCUT2D eigenvalue weighted by Crippen LogP contribution is 2.06. The van der Waals surface area contributed by atoms with Crippen LogP contribution in [0.3, 0.4) is 0 Å². The van der Waals surface area contributed by atoms with Crippen molar-refractivity contribution in [3.8, 4) is 23.7 Å². The summed E-state index contributed by atoms with van der Waals surface area (Å²) < 4.78 is 5.32. The van der Waals surface area contributed by atoms with Gasteiger partial charge in [-0.3, -0.25) is 14.8 Å². The summed E-state index contributed by atoms with van der Waals surface area (Å²) in [4.78, 5) is 23.7. The van der Waals surface area contributed by atoms with E-state index in [2.05, 4.69) is 29.0 Å². The van der Waals surface area contributed by atoms with Gasteiger partial charge in [-0.15, -0.1) is 0 Å². The van der Waals surface area contributed by atoms with E-state index in [9.17, 15) is 14.7 Å². The molecule has 0 unspecified atom stereocenters. The third-order valence-electron chi connectivity index (χ3n) is 3.68. The second-order valence-electron chi connectivity index (χ2n) is 5.85. The van der Waals surface area contributed by atoms with Crippen molar-refractivity contribution in [2.24, 2.45) is 0 Å². The van der Waals surface area contributed by atoms with Crippen LogP contribution in [0, 0.1) is 23.7 Å². The van der Waals surface area contributed by atoms with E-state index in [4.69, 9.17) is 14.8 Å². The molecule has 1 aromatic heterocycles. The van der Waals surface area contributed by atoms with Crippen LogP contribution in [0.25, 0.3) is 0 Å². The van der Waals surface area contributed by atoms with E-state index in [-0.39, 0.29) is 12.1 Å². The summed E-state index contributed by atoms with van der Waals surface area (Å²) in [6.45, 7) is 1.49. The van der Waals surface area contributed by atoms with Crippen molar-refractivity contribution in [2.45, 2.75) is 25.6 Å². The van der Waals surface area contributed by atoms with Crippen molar-refractivity contribution in [1.29, 1.82) is 0 Å². The number of benzene rings is 1. The van der Waals surface area contributed by atoms with Crippen molar-refractivity contribution in [2.75, 3.05) is 0 Å². The van der Waals surface area contributed by atoms with E-state index < -0.39 is 24.0 Å². The first kappa shape index (κ1) is 21.7. The van der Waals surface area contributed by atoms with E-state index in [1.165, 1.54) is 24.5 Å². The van der Waals surface area contributed by atoms with Crippen LogP contribution in [-0.4, -0.2) is 39.5 Å². The second-order valence-corrected chi connectivity index (χ2v) is 5.85. The summed E-state index contributed by atoms with van der Waals surface area (Å²) in [5.74, 6) is 10.3. The molecule has 9 heteroatoms. The first-order valence-electron chi connectivity index (χ1n) is 8.45. The molecule has 9 nitrogen and oxygen atoms in total. The minimum Gasteiger partial charge on any atom is -0.451 e. The predicted molar refractivity (Wildman–Crippen MR) is 100 cm³/mol. The maximum absolute atomic E-state index is 12.2. The Morgan fingerprint density at radius 1 is 1.07 bits per heavy atom. The zero-order valence-electron chi connectivity index (χ0n) is 15.4. The first-order chi connectivity index (χ1) is 13.9. The lowest BCUT2D eigenvalue weighted by Crippen LogP contribution is -2.51. The Morgan fingerprint density at radius 2 is 1.76 bits per heavy atom. The lowest BCUT2D eigenvalue weighted by atomic mass is 10.1. The van der Waals surface area contributed by atoms with E-state index in [1.807, 2.05) is 5.48 Å². The first-order valence-corrected chi connectivity index (χ1v) is 8.45. The molecule has 6 N–H and O–H groups in total. The van der Waals surface area contributed by atoms with Gasteiger partial charge < -0.3 is 20.0 Å². The van der Waals surface area contributed by atoms with Gasteiger partial charge in [0.2, 0.25) is 0 Å². The molecule has 2 aromatic rings. The van der Waals surface area contributed by atoms with Gasteiger partial charge in [-0.05, 0) is 61.1 Å². The smallest absolute Gasteiger partial charge is 0.268 e. The summed E-state index contributed by atoms with van der Waals surface area (Å²) in [5, 5.41) is 29.1. The van der Waals surface area contributed by atoms with Gasteiger partial charge in [-0.2, -0.15) is 5.48 Å². The summed E-state index contributed by atoms with van der Waals surface area (Å²) in [5.41, 5.74) is 4.24. The highest BCUT2D eigenvalue weighted by Gasteiger charge is 2.25. The fraction of sp³-hybridized carbons (Fsp3) is 0.200. The van der Waals surface area contributed by atoms with Gasteiger partial charge >= 0.3 is 0 Å². The van der Waals surface area contributed by atoms with E-state index in [0.29, 0.717) is 17.1 Å². The number of carbonyl (C=O) groups excluding carboxylic acids is 2. The minimum atomic E-state index is -1.29. The zero-order valence-corrected chi connectivity index (χ0v) is 15.4. The van der Waals surface area contributed by atoms with Gasteiger partial charge in [-0.25, -0.2) is 5.48 Å². The molecule has 0 saturated carbocycles. The Bertz CT molecular complexity index is 973. The fourth-order valence-electron chi connectivity index (χ4n) is 2.22. The number of aliphatic hydroxyl groups is 1. The van der Waals surface area contributed by atoms with Crippen LogP contribution in [0.1, 0.15) is 34.4 Å². The maximum atomic E-state index is 12.2. The molecule has 0 aliphatic heterocycles. The number of amides is 2. The van der Waals surface area contributed by atoms with E-state index >= 15 is 0 Å². The highest BCUT2D eigenvalue weighted by atomic mass is 16.5. The Hall–Kier alpha value is -3.60. The zero-order chi connectivity index (χ0) is 21.2. The number of nitrogens with one attached hydrogen (secondary N) is 3. The molecule has 2 amide bonds. The fourth-order valence-corrected chi connectivity index (χ4v) is 2.22. The minimum absolute atomic E-state index is 0.177. The van der Waals surface area contributed by atoms with Crippen molar-refractivity contribution in [3.63, 3.8) is 0 Å². The quantitative estimate of drug-likeness (QED) is 0.231. The lowest BCUT2D eigenvalue weighted by Gasteiger charge is -2.19. The Balaban J connectivity index is 2.00. The molecule has 0 spiro atoms. The lowest BCUT2D eigenvalue weighted by molar-refractivity contribution is -0.133. The van der Waals surface area contributed by atoms with Crippen molar-refractivity contribution in [1.82, 2.24) is 16.3 Å². The molecule has 150 valence electrons. The molecule has 0 saturated heterocycles. The Labute approximate surface area is 166 Å². The topological polar surface area (TPSA) is 144 Å². The molecule has 29 heavy (non-hydrogen) atoms. The van der Waals surface area contributed by atoms with Crippen LogP contribution in [0.4, 0.5) is 0 Å². The normalized spacial score (nSPS) is 11.9. The predicted octanol–water partition coefficient (Wildman–Crippen LogP) is 0.146. The van der Waals surface area contributed by atoms with Crippen LogP contribution in [0.5, 0.6) is 0 Å². The van der Waals surface area contributed by atoms with E-state index in [1.54, 1.807) is 24.3 Å². The summed E-state index contributed by atoms with van der Waals surface area (Å²) in [7, 11) is 0. The van der Waals surface area contributed by atoms with Crippen molar-refractivity contribution in [3.05, 3.63) is 59.0 Å². The number of hydrogen-bond donors (Lipinski definition) is 6. The largest absolute Gasteiger partial charge is 0.451 e. The van der Waals surface area contributed by atoms with Crippen LogP contribution in [0.15, 0.2) is 40.8 Å². The molecule has 0 aliphatic carbocycles. The van der Waals surface area contributed by atoms with Gasteiger partial charge in [-0.1, -0.05) is 5.92 Å². The van der Waals surface area contributed by atoms with Crippen LogP contribution < -0.4 is 16.3 Å². The summed E-state index contributed by atoms with van der Waals surface area (Å²) in [6.07, 6.45) is -1.19. The molecule has 0 bridgehead atoms. The van der Waals surface area contributed by atoms with Gasteiger partial charge in [0.15, 0.2) is 5.76 Å². The van der Waals surface area contributed by atoms with Crippen LogP contribution in [-0.2, 0) is 11.3 Å². The monoisotopic (exact) mass is 397 g/mol. The van der Waals surface area contributed by atoms with Gasteiger partial charge in [0, 0.05) is 11.1 Å². The average molecular weight is 397 g/mol. The van der Waals surface area contributed by atoms with Crippen molar-refractivity contribution >= 4 is 11.8 Å². The van der Waals surface area contributed by atoms with Gasteiger partial charge in [0.05, 0.1) is 12.6 Å². The third-order valence-corrected chi connectivity index (χ3v) is 3.68. The maximum Gasteiger partial charge on any atom is 0.268 e. The molecule has 0 radical (unpaired) electrons. The van der Waals surface area contributed by atoms with Crippen molar-refractivity contribution < 1.29 is 29.5 Å². The molecule has 0 aliphatic rings. The average Bonchev–Trinajstić information content (AvgIpc) is 3.16. The number of furan rings is 1. The Morgan fingerprint density at radius 3 is 2.38 bits per heavy atom. The number of hydroxylamine groups is 2. The molecule has 0 fully saturated rings. The standard InChI is InChI=1S/C20H19N3O6/c1-13(24)18(20(26)23-28)22-19(25)15-8-6-14(7-9-15)4-2-3-5-16-10-11-17(29-16)12-21-27/h6-11,13,18,21,24,27-28H,12H2,1H3,(H,22,25)(H,23,26)/t13-,18-/m0/s1. The summed E-state index contributed by atoms with van der Waals surface area (Å²) >= 11 is 0. The molecule has 1 aromatic carbocycles. The molecule has 1 heterocycles. The number of carbonyl (C=O) groups is 2. The second kappa shape index (κ2) is 10.7. The highest BCUT2D eigenvalue weighted by molar-refractivity contribution is 5.97. The molecular weight excluding hydrogens is 378 g/mol. The molecule has 2 rings (SSSR count). The molecular formula is C20H19N3O6. The SMILES string of the molecule is C[C@H](O)[C@H](NC(=O)c1ccc(C#CC#Cc2ccc(CNO)o2)cc1)C(=O)NO. The van der Waals surface area contributed by atoms with Crippen LogP contribution >= 0.6 is 0 Å². The number of rotatable bonds is 6. The van der Waals surface area contributed by atoms with E-state index in [0.717, 1.165) is 0 Å². The van der Waals surface area contributed by atoms with Crippen LogP contribution in [0.2, 0.25) is 0 Å².